The molecule has 2 N–H and O–H groups in total. The number of carbonyl (C=O) groups is 2. The minimum absolute atomic E-state index is 0.0785. The first-order valence-corrected chi connectivity index (χ1v) is 12.3. The molecule has 168 valence electrons. The van der Waals surface area contributed by atoms with E-state index in [9.17, 15) is 9.59 Å². The average Bonchev–Trinajstić information content (AvgIpc) is 3.39. The van der Waals surface area contributed by atoms with Crippen LogP contribution < -0.4 is 10.6 Å². The lowest BCUT2D eigenvalue weighted by molar-refractivity contribution is -0.116. The van der Waals surface area contributed by atoms with E-state index >= 15 is 0 Å². The molecule has 9 heteroatoms. The molecule has 0 aliphatic carbocycles. The van der Waals surface area contributed by atoms with E-state index in [-0.39, 0.29) is 11.8 Å². The molecule has 2 aromatic carbocycles. The summed E-state index contributed by atoms with van der Waals surface area (Å²) in [4.78, 5) is 34.7. The van der Waals surface area contributed by atoms with Crippen LogP contribution in [0.25, 0.3) is 10.6 Å². The molecule has 0 radical (unpaired) electrons. The number of nitrogens with one attached hydrogen (secondary N) is 2. The van der Waals surface area contributed by atoms with Gasteiger partial charge in [0.15, 0.2) is 10.3 Å². The number of aromatic nitrogens is 2. The van der Waals surface area contributed by atoms with Crippen LogP contribution in [0, 0.1) is 13.8 Å². The molecule has 33 heavy (non-hydrogen) atoms. The van der Waals surface area contributed by atoms with E-state index in [0.717, 1.165) is 16.1 Å². The highest BCUT2D eigenvalue weighted by atomic mass is 35.5. The molecule has 0 saturated carbocycles. The summed E-state index contributed by atoms with van der Waals surface area (Å²) in [6, 6.07) is 15.0. The molecule has 4 rings (SSSR count). The SMILES string of the molecule is Cc1ccc(CCC(=O)Nc2nc(-c3sc(NC(=O)c4ccccc4Cl)nc3C)cs2)cc1. The van der Waals surface area contributed by atoms with Gasteiger partial charge in [-0.25, -0.2) is 9.97 Å². The maximum Gasteiger partial charge on any atom is 0.258 e. The summed E-state index contributed by atoms with van der Waals surface area (Å²) >= 11 is 8.79. The van der Waals surface area contributed by atoms with Gasteiger partial charge in [0.05, 0.1) is 26.9 Å². The van der Waals surface area contributed by atoms with Gasteiger partial charge in [-0.05, 0) is 38.0 Å². The van der Waals surface area contributed by atoms with Crippen LogP contribution in [0.1, 0.15) is 33.6 Å². The van der Waals surface area contributed by atoms with Crippen molar-refractivity contribution in [1.29, 1.82) is 0 Å². The number of hydrogen-bond acceptors (Lipinski definition) is 6. The standard InChI is InChI=1S/C24H21ClN4O2S2/c1-14-7-9-16(10-8-14)11-12-20(30)28-23-27-19(13-32-23)21-15(2)26-24(33-21)29-22(31)17-5-3-4-6-18(17)25/h3-10,13H,11-12H2,1-2H3,(H,26,29,31)(H,27,28,30). The zero-order valence-corrected chi connectivity index (χ0v) is 20.4. The summed E-state index contributed by atoms with van der Waals surface area (Å²) in [5, 5.41) is 8.91. The number of halogens is 1. The van der Waals surface area contributed by atoms with Gasteiger partial charge in [0, 0.05) is 11.8 Å². The van der Waals surface area contributed by atoms with Gasteiger partial charge in [0.1, 0.15) is 0 Å². The third kappa shape index (κ3) is 5.84. The number of hydrogen-bond donors (Lipinski definition) is 2. The van der Waals surface area contributed by atoms with E-state index in [0.29, 0.717) is 39.4 Å². The summed E-state index contributed by atoms with van der Waals surface area (Å²) in [5.74, 6) is -0.397. The Bertz CT molecular complexity index is 1300. The Morgan fingerprint density at radius 3 is 2.48 bits per heavy atom. The zero-order valence-electron chi connectivity index (χ0n) is 18.0. The predicted octanol–water partition coefficient (Wildman–Crippen LogP) is 6.36. The second-order valence-electron chi connectivity index (χ2n) is 7.44. The highest BCUT2D eigenvalue weighted by Crippen LogP contribution is 2.35. The van der Waals surface area contributed by atoms with Crippen molar-refractivity contribution in [2.24, 2.45) is 0 Å². The smallest absolute Gasteiger partial charge is 0.258 e. The number of amides is 2. The Hall–Kier alpha value is -3.07. The van der Waals surface area contributed by atoms with Gasteiger partial charge in [0.25, 0.3) is 5.91 Å². The van der Waals surface area contributed by atoms with Gasteiger partial charge < -0.3 is 5.32 Å². The lowest BCUT2D eigenvalue weighted by Gasteiger charge is -2.03. The molecule has 0 aliphatic rings. The Labute approximate surface area is 204 Å². The Morgan fingerprint density at radius 1 is 0.970 bits per heavy atom. The number of anilines is 2. The van der Waals surface area contributed by atoms with E-state index in [1.807, 2.05) is 43.5 Å². The predicted molar refractivity (Wildman–Crippen MR) is 135 cm³/mol. The Kier molecular flexibility index (Phi) is 7.17. The molecule has 0 spiro atoms. The number of aryl methyl sites for hydroxylation is 3. The molecule has 0 bridgehead atoms. The van der Waals surface area contributed by atoms with Crippen LogP contribution in [0.2, 0.25) is 5.02 Å². The lowest BCUT2D eigenvalue weighted by atomic mass is 10.1. The zero-order chi connectivity index (χ0) is 23.4. The van der Waals surface area contributed by atoms with Gasteiger partial charge >= 0.3 is 0 Å². The third-order valence-corrected chi connectivity index (χ3v) is 7.06. The summed E-state index contributed by atoms with van der Waals surface area (Å²) in [5.41, 5.74) is 4.17. The maximum atomic E-state index is 12.5. The van der Waals surface area contributed by atoms with Crippen molar-refractivity contribution in [3.05, 3.63) is 81.3 Å². The molecule has 0 unspecified atom stereocenters. The molecular formula is C24H21ClN4O2S2. The Morgan fingerprint density at radius 2 is 1.73 bits per heavy atom. The number of carbonyl (C=O) groups excluding carboxylic acids is 2. The number of thiazole rings is 2. The van der Waals surface area contributed by atoms with Crippen LogP contribution in [0.5, 0.6) is 0 Å². The van der Waals surface area contributed by atoms with Crippen LogP contribution in [0.4, 0.5) is 10.3 Å². The molecule has 6 nitrogen and oxygen atoms in total. The molecular weight excluding hydrogens is 476 g/mol. The lowest BCUT2D eigenvalue weighted by Crippen LogP contribution is -2.12. The van der Waals surface area contributed by atoms with E-state index in [1.54, 1.807) is 24.3 Å². The van der Waals surface area contributed by atoms with Gasteiger partial charge in [-0.3, -0.25) is 14.9 Å². The summed E-state index contributed by atoms with van der Waals surface area (Å²) in [7, 11) is 0. The van der Waals surface area contributed by atoms with E-state index < -0.39 is 0 Å². The fraction of sp³-hybridized carbons (Fsp3) is 0.167. The molecule has 0 saturated heterocycles. The van der Waals surface area contributed by atoms with Crippen LogP contribution in [0.15, 0.2) is 53.9 Å². The van der Waals surface area contributed by atoms with E-state index in [2.05, 4.69) is 20.6 Å². The van der Waals surface area contributed by atoms with Gasteiger partial charge in [-0.15, -0.1) is 11.3 Å². The van der Waals surface area contributed by atoms with Crippen molar-refractivity contribution in [3.8, 4) is 10.6 Å². The first kappa shape index (κ1) is 23.1. The topological polar surface area (TPSA) is 84.0 Å². The normalized spacial score (nSPS) is 10.8. The van der Waals surface area contributed by atoms with Gasteiger partial charge in [-0.2, -0.15) is 0 Å². The van der Waals surface area contributed by atoms with E-state index in [1.165, 1.54) is 28.2 Å². The largest absolute Gasteiger partial charge is 0.302 e. The number of nitrogens with zero attached hydrogens (tertiary/aromatic N) is 2. The van der Waals surface area contributed by atoms with E-state index in [4.69, 9.17) is 11.6 Å². The second-order valence-corrected chi connectivity index (χ2v) is 9.70. The first-order chi connectivity index (χ1) is 15.9. The van der Waals surface area contributed by atoms with Crippen LogP contribution in [-0.2, 0) is 11.2 Å². The maximum absolute atomic E-state index is 12.5. The van der Waals surface area contributed by atoms with Crippen LogP contribution >= 0.6 is 34.3 Å². The quantitative estimate of drug-likeness (QED) is 0.312. The van der Waals surface area contributed by atoms with Crippen LogP contribution in [-0.4, -0.2) is 21.8 Å². The summed E-state index contributed by atoms with van der Waals surface area (Å²) in [6.07, 6.45) is 1.06. The average molecular weight is 497 g/mol. The number of rotatable bonds is 7. The molecule has 4 aromatic rings. The Balaban J connectivity index is 1.38. The van der Waals surface area contributed by atoms with Crippen molar-refractivity contribution in [1.82, 2.24) is 9.97 Å². The van der Waals surface area contributed by atoms with Crippen molar-refractivity contribution in [3.63, 3.8) is 0 Å². The minimum atomic E-state index is -0.319. The summed E-state index contributed by atoms with van der Waals surface area (Å²) in [6.45, 7) is 3.90. The highest BCUT2D eigenvalue weighted by Gasteiger charge is 2.17. The fourth-order valence-corrected chi connectivity index (χ4v) is 5.06. The molecule has 0 aliphatic heterocycles. The highest BCUT2D eigenvalue weighted by molar-refractivity contribution is 7.20. The molecule has 2 heterocycles. The molecule has 0 atom stereocenters. The minimum Gasteiger partial charge on any atom is -0.302 e. The molecule has 2 aromatic heterocycles. The third-order valence-electron chi connectivity index (χ3n) is 4.88. The molecule has 2 amide bonds. The van der Waals surface area contributed by atoms with Crippen molar-refractivity contribution in [2.75, 3.05) is 10.6 Å². The first-order valence-electron chi connectivity index (χ1n) is 10.2. The monoisotopic (exact) mass is 496 g/mol. The van der Waals surface area contributed by atoms with Crippen molar-refractivity contribution in [2.45, 2.75) is 26.7 Å². The van der Waals surface area contributed by atoms with Crippen molar-refractivity contribution < 1.29 is 9.59 Å². The van der Waals surface area contributed by atoms with Gasteiger partial charge in [-0.1, -0.05) is 64.9 Å². The summed E-state index contributed by atoms with van der Waals surface area (Å²) < 4.78 is 0. The number of benzene rings is 2. The fourth-order valence-electron chi connectivity index (χ4n) is 3.13. The van der Waals surface area contributed by atoms with Gasteiger partial charge in [0.2, 0.25) is 5.91 Å². The van der Waals surface area contributed by atoms with Crippen molar-refractivity contribution >= 4 is 56.4 Å². The second kappa shape index (κ2) is 10.2. The molecule has 0 fully saturated rings. The van der Waals surface area contributed by atoms with Crippen LogP contribution in [0.3, 0.4) is 0 Å².